The van der Waals surface area contributed by atoms with Gasteiger partial charge >= 0.3 is 0 Å². The van der Waals surface area contributed by atoms with Crippen molar-refractivity contribution in [3.8, 4) is 0 Å². The maximum atomic E-state index is 2.45. The van der Waals surface area contributed by atoms with Crippen LogP contribution in [-0.4, -0.2) is 0 Å². The summed E-state index contributed by atoms with van der Waals surface area (Å²) < 4.78 is 0. The maximum absolute atomic E-state index is 2.45. The molecule has 0 bridgehead atoms. The minimum Gasteiger partial charge on any atom is -0.0683 e. The van der Waals surface area contributed by atoms with Crippen molar-refractivity contribution in [2.24, 2.45) is 23.2 Å². The van der Waals surface area contributed by atoms with Crippen LogP contribution < -0.4 is 0 Å². The van der Waals surface area contributed by atoms with Gasteiger partial charge in [-0.25, -0.2) is 0 Å². The first-order chi connectivity index (χ1) is 6.94. The first kappa shape index (κ1) is 15.0. The highest BCUT2D eigenvalue weighted by Gasteiger charge is 2.34. The second-order valence-corrected chi connectivity index (χ2v) is 6.15. The summed E-state index contributed by atoms with van der Waals surface area (Å²) in [6.45, 7) is 15.9. The van der Waals surface area contributed by atoms with Crippen molar-refractivity contribution in [1.29, 1.82) is 0 Å². The summed E-state index contributed by atoms with van der Waals surface area (Å²) in [5, 5.41) is 0. The van der Waals surface area contributed by atoms with Gasteiger partial charge in [-0.15, -0.1) is 0 Å². The van der Waals surface area contributed by atoms with Crippen LogP contribution >= 0.6 is 0 Å². The van der Waals surface area contributed by atoms with Crippen LogP contribution in [0.15, 0.2) is 0 Å². The van der Waals surface area contributed by atoms with Crippen LogP contribution in [0, 0.1) is 23.2 Å². The molecular formula is C15H32. The van der Waals surface area contributed by atoms with Crippen molar-refractivity contribution < 1.29 is 0 Å². The Morgan fingerprint density at radius 2 is 1.60 bits per heavy atom. The highest BCUT2D eigenvalue weighted by molar-refractivity contribution is 4.84. The molecule has 92 valence electrons. The standard InChI is InChI=1S/C13H26.C2H6/c1-6-11-8-7-10(2)12(11)9-13(3,4)5;1-2/h10-12H,6-9H2,1-5H3;1-2H3. The zero-order valence-electron chi connectivity index (χ0n) is 12.1. The van der Waals surface area contributed by atoms with E-state index in [-0.39, 0.29) is 0 Å². The molecule has 1 rings (SSSR count). The molecule has 15 heavy (non-hydrogen) atoms. The van der Waals surface area contributed by atoms with E-state index in [0.29, 0.717) is 5.41 Å². The van der Waals surface area contributed by atoms with Gasteiger partial charge in [-0.3, -0.25) is 0 Å². The van der Waals surface area contributed by atoms with Crippen molar-refractivity contribution >= 4 is 0 Å². The van der Waals surface area contributed by atoms with Crippen LogP contribution in [0.3, 0.4) is 0 Å². The van der Waals surface area contributed by atoms with Crippen molar-refractivity contribution in [3.63, 3.8) is 0 Å². The average molecular weight is 212 g/mol. The Morgan fingerprint density at radius 1 is 1.07 bits per heavy atom. The van der Waals surface area contributed by atoms with Crippen LogP contribution in [0.1, 0.15) is 74.1 Å². The van der Waals surface area contributed by atoms with E-state index < -0.39 is 0 Å². The summed E-state index contributed by atoms with van der Waals surface area (Å²) in [6, 6.07) is 0. The van der Waals surface area contributed by atoms with Gasteiger partial charge in [0.1, 0.15) is 0 Å². The summed E-state index contributed by atoms with van der Waals surface area (Å²) in [4.78, 5) is 0. The topological polar surface area (TPSA) is 0 Å². The molecule has 0 radical (unpaired) electrons. The molecule has 0 heteroatoms. The molecule has 0 aromatic rings. The van der Waals surface area contributed by atoms with Crippen LogP contribution in [0.25, 0.3) is 0 Å². The minimum atomic E-state index is 0.524. The summed E-state index contributed by atoms with van der Waals surface area (Å²) in [7, 11) is 0. The van der Waals surface area contributed by atoms with Gasteiger partial charge in [0.25, 0.3) is 0 Å². The van der Waals surface area contributed by atoms with Crippen molar-refractivity contribution in [3.05, 3.63) is 0 Å². The fourth-order valence-electron chi connectivity index (χ4n) is 2.95. The normalized spacial score (nSPS) is 31.0. The lowest BCUT2D eigenvalue weighted by Crippen LogP contribution is -2.20. The van der Waals surface area contributed by atoms with E-state index >= 15 is 0 Å². The molecule has 0 heterocycles. The molecule has 0 amide bonds. The first-order valence-electron chi connectivity index (χ1n) is 6.94. The van der Waals surface area contributed by atoms with E-state index in [1.807, 2.05) is 13.8 Å². The SMILES string of the molecule is CC.CCC1CCC(C)C1CC(C)(C)C. The Kier molecular flexibility index (Phi) is 6.55. The molecule has 3 unspecified atom stereocenters. The Labute approximate surface area is 97.8 Å². The molecule has 0 spiro atoms. The smallest absolute Gasteiger partial charge is 0.0355 e. The molecule has 0 saturated heterocycles. The Morgan fingerprint density at radius 3 is 2.00 bits per heavy atom. The second-order valence-electron chi connectivity index (χ2n) is 6.15. The van der Waals surface area contributed by atoms with Gasteiger partial charge in [0, 0.05) is 0 Å². The molecule has 0 aromatic heterocycles. The van der Waals surface area contributed by atoms with Gasteiger partial charge in [0.15, 0.2) is 0 Å². The van der Waals surface area contributed by atoms with Gasteiger partial charge in [-0.05, 0) is 36.0 Å². The molecule has 3 atom stereocenters. The third kappa shape index (κ3) is 5.04. The van der Waals surface area contributed by atoms with E-state index in [9.17, 15) is 0 Å². The lowest BCUT2D eigenvalue weighted by molar-refractivity contribution is 0.209. The van der Waals surface area contributed by atoms with E-state index in [0.717, 1.165) is 17.8 Å². The third-order valence-electron chi connectivity index (χ3n) is 3.70. The minimum absolute atomic E-state index is 0.524. The molecule has 0 aliphatic heterocycles. The van der Waals surface area contributed by atoms with E-state index in [4.69, 9.17) is 0 Å². The highest BCUT2D eigenvalue weighted by Crippen LogP contribution is 2.44. The molecule has 0 nitrogen and oxygen atoms in total. The van der Waals surface area contributed by atoms with Crippen LogP contribution in [0.5, 0.6) is 0 Å². The van der Waals surface area contributed by atoms with Crippen LogP contribution in [-0.2, 0) is 0 Å². The molecule has 1 aliphatic carbocycles. The molecule has 1 aliphatic rings. The average Bonchev–Trinajstić information content (AvgIpc) is 2.49. The van der Waals surface area contributed by atoms with E-state index in [2.05, 4.69) is 34.6 Å². The molecule has 1 saturated carbocycles. The fourth-order valence-corrected chi connectivity index (χ4v) is 2.95. The molecular weight excluding hydrogens is 180 g/mol. The van der Waals surface area contributed by atoms with E-state index in [1.54, 1.807) is 0 Å². The number of rotatable bonds is 2. The van der Waals surface area contributed by atoms with Gasteiger partial charge in [-0.2, -0.15) is 0 Å². The number of hydrogen-bond acceptors (Lipinski definition) is 0. The summed E-state index contributed by atoms with van der Waals surface area (Å²) in [6.07, 6.45) is 5.77. The van der Waals surface area contributed by atoms with E-state index in [1.165, 1.54) is 25.7 Å². The van der Waals surface area contributed by atoms with Gasteiger partial charge < -0.3 is 0 Å². The molecule has 0 N–H and O–H groups in total. The zero-order chi connectivity index (χ0) is 12.1. The zero-order valence-corrected chi connectivity index (χ0v) is 12.1. The Hall–Kier alpha value is 0. The Bertz CT molecular complexity index is 152. The fraction of sp³-hybridized carbons (Fsp3) is 1.00. The maximum Gasteiger partial charge on any atom is -0.0355 e. The first-order valence-corrected chi connectivity index (χ1v) is 6.94. The summed E-state index contributed by atoms with van der Waals surface area (Å²) >= 11 is 0. The predicted molar refractivity (Wildman–Crippen MR) is 71.1 cm³/mol. The van der Waals surface area contributed by atoms with Crippen LogP contribution in [0.4, 0.5) is 0 Å². The summed E-state index contributed by atoms with van der Waals surface area (Å²) in [5.41, 5.74) is 0.524. The van der Waals surface area contributed by atoms with Gasteiger partial charge in [0.2, 0.25) is 0 Å². The summed E-state index contributed by atoms with van der Waals surface area (Å²) in [5.74, 6) is 3.00. The van der Waals surface area contributed by atoms with Gasteiger partial charge in [0.05, 0.1) is 0 Å². The lowest BCUT2D eigenvalue weighted by Gasteiger charge is -2.29. The largest absolute Gasteiger partial charge is 0.0683 e. The van der Waals surface area contributed by atoms with Crippen molar-refractivity contribution in [1.82, 2.24) is 0 Å². The van der Waals surface area contributed by atoms with Crippen molar-refractivity contribution in [2.75, 3.05) is 0 Å². The lowest BCUT2D eigenvalue weighted by atomic mass is 9.76. The highest BCUT2D eigenvalue weighted by atomic mass is 14.4. The second kappa shape index (κ2) is 6.55. The molecule has 1 fully saturated rings. The monoisotopic (exact) mass is 212 g/mol. The number of hydrogen-bond donors (Lipinski definition) is 0. The van der Waals surface area contributed by atoms with Crippen LogP contribution in [0.2, 0.25) is 0 Å². The quantitative estimate of drug-likeness (QED) is 0.565. The van der Waals surface area contributed by atoms with Gasteiger partial charge in [-0.1, -0.05) is 61.3 Å². The Balaban J connectivity index is 0.000000921. The predicted octanol–water partition coefficient (Wildman–Crippen LogP) is 5.52. The third-order valence-corrected chi connectivity index (χ3v) is 3.70. The van der Waals surface area contributed by atoms with Crippen molar-refractivity contribution in [2.45, 2.75) is 74.1 Å². The molecule has 0 aromatic carbocycles.